The third-order valence-corrected chi connectivity index (χ3v) is 3.62. The normalized spacial score (nSPS) is 13.9. The van der Waals surface area contributed by atoms with Crippen molar-refractivity contribution in [2.75, 3.05) is 12.0 Å². The van der Waals surface area contributed by atoms with Gasteiger partial charge in [-0.25, -0.2) is 9.69 Å². The van der Waals surface area contributed by atoms with E-state index in [2.05, 4.69) is 4.98 Å². The van der Waals surface area contributed by atoms with Crippen LogP contribution in [0.2, 0.25) is 0 Å². The van der Waals surface area contributed by atoms with Crippen LogP contribution >= 0.6 is 0 Å². The molecule has 0 saturated heterocycles. The first-order valence-corrected chi connectivity index (χ1v) is 6.09. The lowest BCUT2D eigenvalue weighted by molar-refractivity contribution is 0.180. The number of ether oxygens (including phenoxy) is 1. The van der Waals surface area contributed by atoms with Crippen LogP contribution in [-0.4, -0.2) is 18.2 Å². The highest BCUT2D eigenvalue weighted by Crippen LogP contribution is 2.40. The van der Waals surface area contributed by atoms with Crippen LogP contribution in [0.3, 0.4) is 0 Å². The van der Waals surface area contributed by atoms with Gasteiger partial charge in [0.05, 0.1) is 18.3 Å². The molecule has 0 aliphatic carbocycles. The molecule has 0 fully saturated rings. The molecule has 19 heavy (non-hydrogen) atoms. The maximum Gasteiger partial charge on any atom is 0.418 e. The first-order valence-electron chi connectivity index (χ1n) is 6.09. The van der Waals surface area contributed by atoms with E-state index in [4.69, 9.17) is 4.74 Å². The third-order valence-electron chi connectivity index (χ3n) is 3.62. The average Bonchev–Trinajstić information content (AvgIpc) is 2.44. The molecule has 96 valence electrons. The molecule has 0 bridgehead atoms. The van der Waals surface area contributed by atoms with Gasteiger partial charge in [0, 0.05) is 17.3 Å². The van der Waals surface area contributed by atoms with E-state index in [1.54, 1.807) is 11.1 Å². The first kappa shape index (κ1) is 11.7. The summed E-state index contributed by atoms with van der Waals surface area (Å²) < 4.78 is 4.89. The molecule has 1 aromatic carbocycles. The summed E-state index contributed by atoms with van der Waals surface area (Å²) in [4.78, 5) is 18.0. The van der Waals surface area contributed by atoms with Crippen LogP contribution in [0, 0.1) is 0 Å². The molecular weight excluding hydrogens is 240 g/mol. The van der Waals surface area contributed by atoms with Crippen molar-refractivity contribution in [3.8, 4) is 0 Å². The number of anilines is 1. The van der Waals surface area contributed by atoms with E-state index in [-0.39, 0.29) is 6.09 Å². The van der Waals surface area contributed by atoms with Crippen molar-refractivity contribution in [1.29, 1.82) is 0 Å². The number of hydrogen-bond donors (Lipinski definition) is 0. The zero-order chi connectivity index (χ0) is 13.6. The summed E-state index contributed by atoms with van der Waals surface area (Å²) in [6.07, 6.45) is 1.42. The van der Waals surface area contributed by atoms with Crippen molar-refractivity contribution in [3.05, 3.63) is 41.7 Å². The summed E-state index contributed by atoms with van der Waals surface area (Å²) >= 11 is 0. The molecule has 0 spiro atoms. The minimum absolute atomic E-state index is 0.376. The molecular formula is C15H14N2O2. The molecule has 4 nitrogen and oxygen atoms in total. The van der Waals surface area contributed by atoms with Gasteiger partial charge in [-0.05, 0) is 43.2 Å². The maximum atomic E-state index is 12.0. The topological polar surface area (TPSA) is 42.4 Å². The molecule has 0 unspecified atom stereocenters. The maximum absolute atomic E-state index is 12.0. The second-order valence-electron chi connectivity index (χ2n) is 4.55. The molecule has 4 heteroatoms. The fraction of sp³-hybridized carbons (Fsp3) is 0.200. The van der Waals surface area contributed by atoms with Crippen LogP contribution in [0.4, 0.5) is 10.5 Å². The highest BCUT2D eigenvalue weighted by Gasteiger charge is 2.27. The predicted molar refractivity (Wildman–Crippen MR) is 74.9 cm³/mol. The van der Waals surface area contributed by atoms with Crippen LogP contribution in [0.15, 0.2) is 36.2 Å². The van der Waals surface area contributed by atoms with E-state index >= 15 is 0 Å². The molecule has 1 aromatic heterocycles. The Labute approximate surface area is 111 Å². The third kappa shape index (κ3) is 1.53. The standard InChI is InChI=1S/C15H14N2O2/c1-9-10(2)17(15(18)19-3)13-6-4-5-12-14(13)11(9)7-8-16-12/h4-8H,1-3H3. The number of pyridine rings is 1. The molecule has 0 radical (unpaired) electrons. The second kappa shape index (κ2) is 4.09. The van der Waals surface area contributed by atoms with Crippen LogP contribution < -0.4 is 4.90 Å². The first-order chi connectivity index (χ1) is 9.15. The van der Waals surface area contributed by atoms with Gasteiger partial charge in [0.2, 0.25) is 0 Å². The molecule has 1 amide bonds. The number of hydrogen-bond acceptors (Lipinski definition) is 3. The smallest absolute Gasteiger partial charge is 0.418 e. The van der Waals surface area contributed by atoms with Crippen molar-refractivity contribution < 1.29 is 9.53 Å². The summed E-state index contributed by atoms with van der Waals surface area (Å²) in [7, 11) is 1.39. The van der Waals surface area contributed by atoms with Crippen molar-refractivity contribution in [1.82, 2.24) is 4.98 Å². The Hall–Kier alpha value is -2.36. The van der Waals surface area contributed by atoms with E-state index < -0.39 is 0 Å². The zero-order valence-electron chi connectivity index (χ0n) is 11.1. The molecule has 3 rings (SSSR count). The van der Waals surface area contributed by atoms with Gasteiger partial charge in [0.15, 0.2) is 0 Å². The van der Waals surface area contributed by atoms with Gasteiger partial charge in [-0.3, -0.25) is 4.98 Å². The van der Waals surface area contributed by atoms with Crippen LogP contribution in [0.5, 0.6) is 0 Å². The SMILES string of the molecule is COC(=O)N1C(C)=C(C)c2ccnc3cccc1c23. The number of rotatable bonds is 0. The predicted octanol–water partition coefficient (Wildman–Crippen LogP) is 3.57. The lowest BCUT2D eigenvalue weighted by Crippen LogP contribution is -2.31. The Bertz CT molecular complexity index is 714. The van der Waals surface area contributed by atoms with E-state index in [1.807, 2.05) is 38.1 Å². The largest absolute Gasteiger partial charge is 0.452 e. The molecule has 0 saturated carbocycles. The number of carbonyl (C=O) groups is 1. The summed E-state index contributed by atoms with van der Waals surface area (Å²) in [5.74, 6) is 0. The second-order valence-corrected chi connectivity index (χ2v) is 4.55. The highest BCUT2D eigenvalue weighted by molar-refractivity contribution is 6.11. The number of benzene rings is 1. The van der Waals surface area contributed by atoms with Gasteiger partial charge in [0.25, 0.3) is 0 Å². The Morgan fingerprint density at radius 1 is 1.26 bits per heavy atom. The van der Waals surface area contributed by atoms with Gasteiger partial charge < -0.3 is 4.74 Å². The fourth-order valence-corrected chi connectivity index (χ4v) is 2.56. The van der Waals surface area contributed by atoms with Crippen molar-refractivity contribution in [2.24, 2.45) is 0 Å². The Balaban J connectivity index is 2.41. The minimum Gasteiger partial charge on any atom is -0.452 e. The number of amides is 1. The number of carbonyl (C=O) groups excluding carboxylic acids is 1. The monoisotopic (exact) mass is 254 g/mol. The average molecular weight is 254 g/mol. The van der Waals surface area contributed by atoms with Crippen LogP contribution in [0.25, 0.3) is 16.5 Å². The van der Waals surface area contributed by atoms with E-state index in [9.17, 15) is 4.79 Å². The molecule has 0 N–H and O–H groups in total. The van der Waals surface area contributed by atoms with Gasteiger partial charge in [0.1, 0.15) is 0 Å². The zero-order valence-corrected chi connectivity index (χ0v) is 11.1. The lowest BCUT2D eigenvalue weighted by Gasteiger charge is -2.30. The number of aromatic nitrogens is 1. The fourth-order valence-electron chi connectivity index (χ4n) is 2.56. The highest BCUT2D eigenvalue weighted by atomic mass is 16.5. The van der Waals surface area contributed by atoms with Gasteiger partial charge in [-0.2, -0.15) is 0 Å². The van der Waals surface area contributed by atoms with Gasteiger partial charge in [-0.1, -0.05) is 6.07 Å². The Kier molecular flexibility index (Phi) is 2.52. The van der Waals surface area contributed by atoms with E-state index in [1.165, 1.54) is 7.11 Å². The van der Waals surface area contributed by atoms with Crippen LogP contribution in [-0.2, 0) is 4.74 Å². The molecule has 0 atom stereocenters. The summed E-state index contributed by atoms with van der Waals surface area (Å²) in [5.41, 5.74) is 4.79. The molecule has 1 aliphatic heterocycles. The Morgan fingerprint density at radius 3 is 2.79 bits per heavy atom. The molecule has 2 heterocycles. The van der Waals surface area contributed by atoms with Crippen molar-refractivity contribution >= 4 is 28.3 Å². The van der Waals surface area contributed by atoms with Gasteiger partial charge >= 0.3 is 6.09 Å². The minimum atomic E-state index is -0.376. The van der Waals surface area contributed by atoms with Gasteiger partial charge in [-0.15, -0.1) is 0 Å². The number of allylic oxidation sites excluding steroid dienone is 2. The molecule has 1 aliphatic rings. The Morgan fingerprint density at radius 2 is 2.05 bits per heavy atom. The lowest BCUT2D eigenvalue weighted by atomic mass is 9.95. The van der Waals surface area contributed by atoms with Crippen molar-refractivity contribution in [2.45, 2.75) is 13.8 Å². The van der Waals surface area contributed by atoms with E-state index in [0.717, 1.165) is 33.4 Å². The van der Waals surface area contributed by atoms with Crippen LogP contribution in [0.1, 0.15) is 19.4 Å². The summed E-state index contributed by atoms with van der Waals surface area (Å²) in [5, 5.41) is 0.999. The summed E-state index contributed by atoms with van der Waals surface area (Å²) in [6.45, 7) is 3.93. The summed E-state index contributed by atoms with van der Waals surface area (Å²) in [6, 6.07) is 7.75. The quantitative estimate of drug-likeness (QED) is 0.721. The van der Waals surface area contributed by atoms with Crippen molar-refractivity contribution in [3.63, 3.8) is 0 Å². The number of methoxy groups -OCH3 is 1. The molecule has 2 aromatic rings. The van der Waals surface area contributed by atoms with E-state index in [0.29, 0.717) is 0 Å². The number of nitrogens with zero attached hydrogens (tertiary/aromatic N) is 2.